The van der Waals surface area contributed by atoms with Crippen LogP contribution < -0.4 is 0 Å². The highest BCUT2D eigenvalue weighted by Gasteiger charge is 2.20. The molecule has 0 spiro atoms. The molecule has 0 saturated carbocycles. The number of nitro groups is 1. The predicted molar refractivity (Wildman–Crippen MR) is 69.2 cm³/mol. The minimum atomic E-state index is -0.692. The number of aliphatic hydroxyl groups is 1. The first-order valence-electron chi connectivity index (χ1n) is 6.13. The number of hydrogen-bond acceptors (Lipinski definition) is 7. The highest BCUT2D eigenvalue weighted by atomic mass is 16.6. The Hall–Kier alpha value is -2.49. The molecule has 1 heterocycles. The van der Waals surface area contributed by atoms with Crippen LogP contribution in [0, 0.1) is 10.1 Å². The summed E-state index contributed by atoms with van der Waals surface area (Å²) < 4.78 is 5.82. The Morgan fingerprint density at radius 3 is 2.81 bits per heavy atom. The predicted octanol–water partition coefficient (Wildman–Crippen LogP) is -0.825. The van der Waals surface area contributed by atoms with Gasteiger partial charge in [0.25, 0.3) is 5.91 Å². The van der Waals surface area contributed by atoms with E-state index in [0.29, 0.717) is 0 Å². The molecule has 0 unspecified atom stereocenters. The number of nitrogens with zero attached hydrogens (tertiary/aromatic N) is 4. The fourth-order valence-electron chi connectivity index (χ4n) is 1.62. The van der Waals surface area contributed by atoms with Crippen LogP contribution in [0.15, 0.2) is 12.4 Å². The quantitative estimate of drug-likeness (QED) is 0.377. The van der Waals surface area contributed by atoms with Gasteiger partial charge in [-0.05, 0) is 4.92 Å². The van der Waals surface area contributed by atoms with Gasteiger partial charge in [0, 0.05) is 13.5 Å². The van der Waals surface area contributed by atoms with Crippen molar-refractivity contribution in [1.29, 1.82) is 0 Å². The maximum atomic E-state index is 12.1. The van der Waals surface area contributed by atoms with Crippen LogP contribution in [0.5, 0.6) is 0 Å². The lowest BCUT2D eigenvalue weighted by molar-refractivity contribution is -0.396. The molecule has 0 aliphatic rings. The molecule has 0 aliphatic carbocycles. The van der Waals surface area contributed by atoms with E-state index in [0.717, 1.165) is 4.57 Å². The van der Waals surface area contributed by atoms with Crippen LogP contribution >= 0.6 is 0 Å². The Labute approximate surface area is 120 Å². The number of imidazole rings is 1. The zero-order valence-electron chi connectivity index (χ0n) is 11.5. The summed E-state index contributed by atoms with van der Waals surface area (Å²) in [4.78, 5) is 37.5. The third-order valence-electron chi connectivity index (χ3n) is 2.55. The summed E-state index contributed by atoms with van der Waals surface area (Å²) >= 11 is 0. The molecule has 0 fully saturated rings. The number of ether oxygens (including phenoxy) is 1. The van der Waals surface area contributed by atoms with Crippen molar-refractivity contribution in [1.82, 2.24) is 14.5 Å². The van der Waals surface area contributed by atoms with Crippen molar-refractivity contribution in [3.8, 4) is 0 Å². The topological polar surface area (TPSA) is 128 Å². The molecule has 0 saturated heterocycles. The largest absolute Gasteiger partial charge is 0.464 e. The average molecular weight is 300 g/mol. The number of aromatic nitrogens is 2. The Kier molecular flexibility index (Phi) is 6.27. The summed E-state index contributed by atoms with van der Waals surface area (Å²) in [5.74, 6) is -1.36. The number of carbonyl (C=O) groups is 2. The summed E-state index contributed by atoms with van der Waals surface area (Å²) in [7, 11) is 0. The number of carbonyl (C=O) groups excluding carboxylic acids is 2. The Morgan fingerprint density at radius 2 is 2.24 bits per heavy atom. The van der Waals surface area contributed by atoms with Gasteiger partial charge in [0.05, 0.1) is 13.2 Å². The molecule has 0 bridgehead atoms. The number of hydrogen-bond donors (Lipinski definition) is 1. The van der Waals surface area contributed by atoms with Crippen molar-refractivity contribution in [2.45, 2.75) is 13.5 Å². The molecule has 0 aromatic carbocycles. The fraction of sp³-hybridized carbons (Fsp3) is 0.545. The molecule has 116 valence electrons. The lowest BCUT2D eigenvalue weighted by Crippen LogP contribution is -2.38. The molecule has 21 heavy (non-hydrogen) atoms. The molecule has 1 rings (SSSR count). The molecule has 10 nitrogen and oxygen atoms in total. The van der Waals surface area contributed by atoms with E-state index in [1.807, 2.05) is 0 Å². The molecule has 1 N–H and O–H groups in total. The van der Waals surface area contributed by atoms with Crippen molar-refractivity contribution in [2.75, 3.05) is 26.3 Å². The van der Waals surface area contributed by atoms with Gasteiger partial charge in [-0.1, -0.05) is 4.98 Å². The smallest absolute Gasteiger partial charge is 0.435 e. The van der Waals surface area contributed by atoms with Gasteiger partial charge in [-0.15, -0.1) is 0 Å². The summed E-state index contributed by atoms with van der Waals surface area (Å²) in [5, 5.41) is 19.6. The van der Waals surface area contributed by atoms with Crippen molar-refractivity contribution in [2.24, 2.45) is 0 Å². The van der Waals surface area contributed by atoms with Crippen LogP contribution in [0.25, 0.3) is 0 Å². The Bertz CT molecular complexity index is 515. The van der Waals surface area contributed by atoms with Gasteiger partial charge in [0.2, 0.25) is 0 Å². The summed E-state index contributed by atoms with van der Waals surface area (Å²) in [6, 6.07) is 0. The highest BCUT2D eigenvalue weighted by molar-refractivity contribution is 5.76. The van der Waals surface area contributed by atoms with Crippen LogP contribution in [0.1, 0.15) is 6.92 Å². The van der Waals surface area contributed by atoms with E-state index in [2.05, 4.69) is 4.98 Å². The molecule has 0 atom stereocenters. The molecule has 1 aromatic rings. The summed E-state index contributed by atoms with van der Waals surface area (Å²) in [6.07, 6.45) is 2.54. The highest BCUT2D eigenvalue weighted by Crippen LogP contribution is 2.08. The third kappa shape index (κ3) is 5.18. The van der Waals surface area contributed by atoms with Crippen molar-refractivity contribution in [3.05, 3.63) is 22.5 Å². The lowest BCUT2D eigenvalue weighted by atomic mass is 10.4. The van der Waals surface area contributed by atoms with Gasteiger partial charge in [0.1, 0.15) is 19.0 Å². The Balaban J connectivity index is 2.65. The Morgan fingerprint density at radius 1 is 1.52 bits per heavy atom. The number of aliphatic hydroxyl groups excluding tert-OH is 1. The lowest BCUT2D eigenvalue weighted by Gasteiger charge is -2.20. The van der Waals surface area contributed by atoms with Crippen LogP contribution in [-0.4, -0.2) is 62.7 Å². The molecule has 1 aromatic heterocycles. The number of esters is 1. The van der Waals surface area contributed by atoms with E-state index in [1.54, 1.807) is 0 Å². The molecule has 1 amide bonds. The number of rotatable bonds is 8. The standard InChI is InChI=1S/C11H16N4O6/c1-9(17)21-7-5-13(4-6-16)10(18)8-14-3-2-12-11(14)15(19)20/h2-3,16H,4-8H2,1H3. The van der Waals surface area contributed by atoms with Gasteiger partial charge in [-0.25, -0.2) is 4.57 Å². The van der Waals surface area contributed by atoms with Crippen LogP contribution in [0.3, 0.4) is 0 Å². The maximum Gasteiger partial charge on any atom is 0.435 e. The molecular formula is C11H16N4O6. The molecular weight excluding hydrogens is 284 g/mol. The SMILES string of the molecule is CC(=O)OCCN(CCO)C(=O)Cn1ccnc1[N+](=O)[O-]. The van der Waals surface area contributed by atoms with E-state index >= 15 is 0 Å². The minimum Gasteiger partial charge on any atom is -0.464 e. The van der Waals surface area contributed by atoms with Crippen LogP contribution in [0.4, 0.5) is 5.95 Å². The van der Waals surface area contributed by atoms with Crippen molar-refractivity contribution >= 4 is 17.8 Å². The van der Waals surface area contributed by atoms with E-state index in [9.17, 15) is 19.7 Å². The van der Waals surface area contributed by atoms with Gasteiger partial charge in [0.15, 0.2) is 6.54 Å². The third-order valence-corrected chi connectivity index (χ3v) is 2.55. The zero-order chi connectivity index (χ0) is 15.8. The van der Waals surface area contributed by atoms with Crippen molar-refractivity contribution in [3.63, 3.8) is 0 Å². The van der Waals surface area contributed by atoms with Gasteiger partial charge in [-0.2, -0.15) is 0 Å². The molecule has 10 heteroatoms. The van der Waals surface area contributed by atoms with E-state index in [1.165, 1.54) is 24.2 Å². The summed E-state index contributed by atoms with van der Waals surface area (Å²) in [6.45, 7) is 0.832. The van der Waals surface area contributed by atoms with Gasteiger partial charge < -0.3 is 24.9 Å². The first kappa shape index (κ1) is 16.6. The van der Waals surface area contributed by atoms with Crippen molar-refractivity contribution < 1.29 is 24.4 Å². The minimum absolute atomic E-state index is 0.00685. The fourth-order valence-corrected chi connectivity index (χ4v) is 1.62. The average Bonchev–Trinajstić information content (AvgIpc) is 2.85. The second-order valence-corrected chi connectivity index (χ2v) is 4.06. The first-order chi connectivity index (χ1) is 9.95. The second kappa shape index (κ2) is 7.94. The normalized spacial score (nSPS) is 10.2. The summed E-state index contributed by atoms with van der Waals surface area (Å²) in [5.41, 5.74) is 0. The maximum absolute atomic E-state index is 12.1. The van der Waals surface area contributed by atoms with Gasteiger partial charge in [-0.3, -0.25) is 9.59 Å². The molecule has 0 radical (unpaired) electrons. The van der Waals surface area contributed by atoms with Crippen LogP contribution in [-0.2, 0) is 20.9 Å². The van der Waals surface area contributed by atoms with E-state index in [-0.39, 0.29) is 32.8 Å². The number of amides is 1. The van der Waals surface area contributed by atoms with E-state index in [4.69, 9.17) is 9.84 Å². The van der Waals surface area contributed by atoms with Crippen LogP contribution in [0.2, 0.25) is 0 Å². The zero-order valence-corrected chi connectivity index (χ0v) is 11.5. The van der Waals surface area contributed by atoms with E-state index < -0.39 is 22.7 Å². The molecule has 0 aliphatic heterocycles. The second-order valence-electron chi connectivity index (χ2n) is 4.06. The van der Waals surface area contributed by atoms with Gasteiger partial charge >= 0.3 is 11.9 Å². The monoisotopic (exact) mass is 300 g/mol. The first-order valence-corrected chi connectivity index (χ1v) is 6.13.